The molecule has 2 aromatic heterocycles. The zero-order valence-electron chi connectivity index (χ0n) is 11.1. The highest BCUT2D eigenvalue weighted by Gasteiger charge is 2.17. The molecule has 0 atom stereocenters. The molecule has 0 saturated carbocycles. The fraction of sp³-hybridized carbons (Fsp3) is 0.0769. The fourth-order valence-corrected chi connectivity index (χ4v) is 3.87. The van der Waals surface area contributed by atoms with Gasteiger partial charge in [0.1, 0.15) is 16.4 Å². The van der Waals surface area contributed by atoms with Gasteiger partial charge in [-0.05, 0) is 39.7 Å². The molecule has 3 rings (SSSR count). The molecule has 1 N–H and O–H groups in total. The lowest BCUT2D eigenvalue weighted by Crippen LogP contribution is -2.17. The predicted octanol–water partition coefficient (Wildman–Crippen LogP) is 3.09. The van der Waals surface area contributed by atoms with Crippen LogP contribution in [0.5, 0.6) is 0 Å². The lowest BCUT2D eigenvalue weighted by molar-refractivity contribution is 0.600. The number of anilines is 1. The van der Waals surface area contributed by atoms with Gasteiger partial charge in [-0.1, -0.05) is 29.8 Å². The monoisotopic (exact) mass is 400 g/mol. The van der Waals surface area contributed by atoms with Gasteiger partial charge in [-0.15, -0.1) is 0 Å². The second kappa shape index (κ2) is 5.86. The predicted molar refractivity (Wildman–Crippen MR) is 88.4 cm³/mol. The van der Waals surface area contributed by atoms with E-state index in [2.05, 4.69) is 30.7 Å². The zero-order chi connectivity index (χ0) is 15.7. The van der Waals surface area contributed by atoms with Crippen LogP contribution in [0.1, 0.15) is 5.56 Å². The summed E-state index contributed by atoms with van der Waals surface area (Å²) in [5, 5.41) is 4.44. The summed E-state index contributed by atoms with van der Waals surface area (Å²) in [5.74, 6) is -0.0159. The molecule has 114 valence electrons. The summed E-state index contributed by atoms with van der Waals surface area (Å²) < 4.78 is 29.4. The Hall–Kier alpha value is -1.64. The number of aromatic nitrogens is 3. The largest absolute Gasteiger partial charge is 0.265 e. The van der Waals surface area contributed by atoms with Crippen LogP contribution in [0.15, 0.2) is 47.3 Å². The van der Waals surface area contributed by atoms with E-state index in [1.165, 1.54) is 6.33 Å². The van der Waals surface area contributed by atoms with E-state index in [9.17, 15) is 8.42 Å². The van der Waals surface area contributed by atoms with Crippen LogP contribution < -0.4 is 4.72 Å². The van der Waals surface area contributed by atoms with E-state index in [4.69, 9.17) is 11.6 Å². The first-order valence-corrected chi connectivity index (χ1v) is 9.01. The maximum absolute atomic E-state index is 12.3. The standard InChI is InChI=1S/C13H10BrClN4O2S/c14-12-6-5-11-13(16-8-17-19(11)12)18-22(20,21)7-9-3-1-2-4-10(9)15/h1-6,8H,7H2,(H,16,17,18). The minimum Gasteiger partial charge on any atom is -0.265 e. The molecule has 0 aliphatic rings. The molecule has 0 unspecified atom stereocenters. The topological polar surface area (TPSA) is 76.4 Å². The van der Waals surface area contributed by atoms with Gasteiger partial charge in [0.2, 0.25) is 10.0 Å². The Morgan fingerprint density at radius 1 is 1.23 bits per heavy atom. The number of halogens is 2. The number of fused-ring (bicyclic) bond motifs is 1. The van der Waals surface area contributed by atoms with Crippen LogP contribution in [0.25, 0.3) is 5.52 Å². The Bertz CT molecular complexity index is 942. The normalized spacial score (nSPS) is 11.7. The number of hydrogen-bond donors (Lipinski definition) is 1. The molecule has 2 heterocycles. The Morgan fingerprint density at radius 3 is 2.77 bits per heavy atom. The average molecular weight is 402 g/mol. The summed E-state index contributed by atoms with van der Waals surface area (Å²) in [6.07, 6.45) is 1.28. The Balaban J connectivity index is 1.92. The van der Waals surface area contributed by atoms with Crippen molar-refractivity contribution in [1.29, 1.82) is 0 Å². The van der Waals surface area contributed by atoms with Crippen molar-refractivity contribution in [3.05, 3.63) is 57.9 Å². The summed E-state index contributed by atoms with van der Waals surface area (Å²) in [5.41, 5.74) is 1.08. The molecule has 0 spiro atoms. The van der Waals surface area contributed by atoms with Crippen LogP contribution in [0.2, 0.25) is 5.02 Å². The van der Waals surface area contributed by atoms with E-state index < -0.39 is 10.0 Å². The van der Waals surface area contributed by atoms with Crippen LogP contribution in [-0.2, 0) is 15.8 Å². The zero-order valence-corrected chi connectivity index (χ0v) is 14.2. The van der Waals surface area contributed by atoms with Gasteiger partial charge in [0, 0.05) is 5.02 Å². The summed E-state index contributed by atoms with van der Waals surface area (Å²) in [4.78, 5) is 3.99. The van der Waals surface area contributed by atoms with Crippen molar-refractivity contribution < 1.29 is 8.42 Å². The highest BCUT2D eigenvalue weighted by atomic mass is 79.9. The number of benzene rings is 1. The third kappa shape index (κ3) is 3.08. The molecular weight excluding hydrogens is 392 g/mol. The van der Waals surface area contributed by atoms with Crippen LogP contribution >= 0.6 is 27.5 Å². The van der Waals surface area contributed by atoms with Crippen LogP contribution in [0.3, 0.4) is 0 Å². The van der Waals surface area contributed by atoms with E-state index in [1.807, 2.05) is 0 Å². The van der Waals surface area contributed by atoms with Crippen LogP contribution in [-0.4, -0.2) is 23.0 Å². The van der Waals surface area contributed by atoms with E-state index in [0.29, 0.717) is 20.7 Å². The maximum Gasteiger partial charge on any atom is 0.238 e. The van der Waals surface area contributed by atoms with Gasteiger partial charge in [-0.3, -0.25) is 4.72 Å². The van der Waals surface area contributed by atoms with Crippen molar-refractivity contribution in [1.82, 2.24) is 14.6 Å². The Kier molecular flexibility index (Phi) is 4.07. The molecule has 0 fully saturated rings. The minimum atomic E-state index is -3.65. The molecule has 0 aliphatic carbocycles. The third-order valence-electron chi connectivity index (χ3n) is 2.96. The molecule has 0 saturated heterocycles. The molecule has 6 nitrogen and oxygen atoms in total. The molecule has 0 aliphatic heterocycles. The van der Waals surface area contributed by atoms with Crippen molar-refractivity contribution in [2.45, 2.75) is 5.75 Å². The number of rotatable bonds is 4. The van der Waals surface area contributed by atoms with Crippen LogP contribution in [0, 0.1) is 0 Å². The van der Waals surface area contributed by atoms with Gasteiger partial charge >= 0.3 is 0 Å². The number of hydrogen-bond acceptors (Lipinski definition) is 4. The first-order chi connectivity index (χ1) is 10.5. The second-order valence-corrected chi connectivity index (χ2v) is 7.46. The van der Waals surface area contributed by atoms with E-state index in [1.54, 1.807) is 40.9 Å². The van der Waals surface area contributed by atoms with Crippen molar-refractivity contribution >= 4 is 48.9 Å². The molecular formula is C13H10BrClN4O2S. The highest BCUT2D eigenvalue weighted by molar-refractivity contribution is 9.10. The molecule has 3 aromatic rings. The van der Waals surface area contributed by atoms with Crippen molar-refractivity contribution in [2.75, 3.05) is 4.72 Å². The van der Waals surface area contributed by atoms with Gasteiger partial charge in [0.05, 0.1) is 5.75 Å². The summed E-state index contributed by atoms with van der Waals surface area (Å²) >= 11 is 9.33. The van der Waals surface area contributed by atoms with Gasteiger partial charge in [0.25, 0.3) is 0 Å². The van der Waals surface area contributed by atoms with E-state index in [0.717, 1.165) is 0 Å². The number of nitrogens with one attached hydrogen (secondary N) is 1. The second-order valence-electron chi connectivity index (χ2n) is 4.51. The molecule has 0 bridgehead atoms. The quantitative estimate of drug-likeness (QED) is 0.729. The summed E-state index contributed by atoms with van der Waals surface area (Å²) in [7, 11) is -3.65. The maximum atomic E-state index is 12.3. The minimum absolute atomic E-state index is 0.216. The lowest BCUT2D eigenvalue weighted by atomic mass is 10.2. The smallest absolute Gasteiger partial charge is 0.238 e. The summed E-state index contributed by atoms with van der Waals surface area (Å²) in [6.45, 7) is 0. The summed E-state index contributed by atoms with van der Waals surface area (Å²) in [6, 6.07) is 10.3. The molecule has 9 heteroatoms. The van der Waals surface area contributed by atoms with E-state index in [-0.39, 0.29) is 11.6 Å². The van der Waals surface area contributed by atoms with Gasteiger partial charge in [-0.2, -0.15) is 5.10 Å². The van der Waals surface area contributed by atoms with Crippen LogP contribution in [0.4, 0.5) is 5.82 Å². The highest BCUT2D eigenvalue weighted by Crippen LogP contribution is 2.22. The number of nitrogens with zero attached hydrogens (tertiary/aromatic N) is 3. The first-order valence-electron chi connectivity index (χ1n) is 6.18. The van der Waals surface area contributed by atoms with Gasteiger partial charge < -0.3 is 0 Å². The van der Waals surface area contributed by atoms with Gasteiger partial charge in [0.15, 0.2) is 5.82 Å². The average Bonchev–Trinajstić information content (AvgIpc) is 2.84. The SMILES string of the molecule is O=S(=O)(Cc1ccccc1Cl)Nc1ncnn2c(Br)ccc12. The number of sulfonamides is 1. The third-order valence-corrected chi connectivity index (χ3v) is 5.13. The van der Waals surface area contributed by atoms with Crippen molar-refractivity contribution in [3.63, 3.8) is 0 Å². The fourth-order valence-electron chi connectivity index (χ4n) is 1.98. The van der Waals surface area contributed by atoms with Crippen molar-refractivity contribution in [2.24, 2.45) is 0 Å². The Labute approximate surface area is 140 Å². The molecule has 0 radical (unpaired) electrons. The van der Waals surface area contributed by atoms with E-state index >= 15 is 0 Å². The van der Waals surface area contributed by atoms with Crippen molar-refractivity contribution in [3.8, 4) is 0 Å². The Morgan fingerprint density at radius 2 is 2.00 bits per heavy atom. The molecule has 1 aromatic carbocycles. The molecule has 22 heavy (non-hydrogen) atoms. The lowest BCUT2D eigenvalue weighted by Gasteiger charge is -2.09. The first kappa shape index (κ1) is 15.3. The molecule has 0 amide bonds. The van der Waals surface area contributed by atoms with Gasteiger partial charge in [-0.25, -0.2) is 17.9 Å².